The topological polar surface area (TPSA) is 116 Å². The van der Waals surface area contributed by atoms with Crippen molar-refractivity contribution in [2.45, 2.75) is 26.3 Å². The SMILES string of the molecule is CCOC(=O)CCCNC(=O)Cn1cnc([N+](=O)[O-])c1. The van der Waals surface area contributed by atoms with Crippen molar-refractivity contribution in [1.82, 2.24) is 14.9 Å². The molecular formula is C11H16N4O5. The van der Waals surface area contributed by atoms with Crippen molar-refractivity contribution in [3.8, 4) is 0 Å². The number of imidazole rings is 1. The van der Waals surface area contributed by atoms with E-state index in [0.717, 1.165) is 0 Å². The van der Waals surface area contributed by atoms with Crippen molar-refractivity contribution in [3.05, 3.63) is 22.6 Å². The number of nitrogens with zero attached hydrogens (tertiary/aromatic N) is 3. The molecule has 0 aliphatic carbocycles. The van der Waals surface area contributed by atoms with Crippen LogP contribution in [-0.2, 0) is 20.9 Å². The number of esters is 1. The van der Waals surface area contributed by atoms with Gasteiger partial charge in [-0.15, -0.1) is 0 Å². The van der Waals surface area contributed by atoms with E-state index in [1.807, 2.05) is 0 Å². The van der Waals surface area contributed by atoms with E-state index < -0.39 is 4.92 Å². The Bertz CT molecular complexity index is 485. The number of amides is 1. The second-order valence-corrected chi connectivity index (χ2v) is 3.92. The molecule has 1 amide bonds. The summed E-state index contributed by atoms with van der Waals surface area (Å²) in [6.07, 6.45) is 3.12. The van der Waals surface area contributed by atoms with E-state index in [-0.39, 0.29) is 30.7 Å². The van der Waals surface area contributed by atoms with E-state index in [9.17, 15) is 19.7 Å². The maximum Gasteiger partial charge on any atom is 0.381 e. The molecule has 0 saturated heterocycles. The number of carbonyl (C=O) groups excluding carboxylic acids is 2. The first kappa shape index (κ1) is 15.6. The van der Waals surface area contributed by atoms with Gasteiger partial charge in [-0.2, -0.15) is 0 Å². The van der Waals surface area contributed by atoms with Gasteiger partial charge >= 0.3 is 11.8 Å². The molecule has 110 valence electrons. The zero-order valence-electron chi connectivity index (χ0n) is 11.1. The molecule has 20 heavy (non-hydrogen) atoms. The molecule has 0 spiro atoms. The lowest BCUT2D eigenvalue weighted by Gasteiger charge is -2.05. The lowest BCUT2D eigenvalue weighted by atomic mass is 10.3. The summed E-state index contributed by atoms with van der Waals surface area (Å²) in [5.41, 5.74) is 0. The molecule has 1 aromatic rings. The monoisotopic (exact) mass is 284 g/mol. The number of aromatic nitrogens is 2. The fourth-order valence-corrected chi connectivity index (χ4v) is 1.44. The van der Waals surface area contributed by atoms with Crippen LogP contribution in [0.3, 0.4) is 0 Å². The van der Waals surface area contributed by atoms with Gasteiger partial charge in [0, 0.05) is 13.0 Å². The Kier molecular flexibility index (Phi) is 6.14. The number of hydrogen-bond donors (Lipinski definition) is 1. The quantitative estimate of drug-likeness (QED) is 0.316. The Morgan fingerprint density at radius 3 is 2.90 bits per heavy atom. The van der Waals surface area contributed by atoms with Crippen LogP contribution in [0.4, 0.5) is 5.82 Å². The lowest BCUT2D eigenvalue weighted by molar-refractivity contribution is -0.389. The number of rotatable bonds is 8. The first-order valence-corrected chi connectivity index (χ1v) is 6.11. The summed E-state index contributed by atoms with van der Waals surface area (Å²) in [6, 6.07) is 0. The lowest BCUT2D eigenvalue weighted by Crippen LogP contribution is -2.28. The van der Waals surface area contributed by atoms with Gasteiger partial charge in [-0.1, -0.05) is 0 Å². The van der Waals surface area contributed by atoms with Gasteiger partial charge in [0.1, 0.15) is 12.7 Å². The van der Waals surface area contributed by atoms with E-state index in [4.69, 9.17) is 4.74 Å². The van der Waals surface area contributed by atoms with Crippen LogP contribution in [0.2, 0.25) is 0 Å². The van der Waals surface area contributed by atoms with Crippen molar-refractivity contribution in [1.29, 1.82) is 0 Å². The van der Waals surface area contributed by atoms with Crippen molar-refractivity contribution in [3.63, 3.8) is 0 Å². The number of ether oxygens (including phenoxy) is 1. The minimum atomic E-state index is -0.631. The van der Waals surface area contributed by atoms with E-state index in [1.54, 1.807) is 6.92 Å². The van der Waals surface area contributed by atoms with Crippen LogP contribution in [-0.4, -0.2) is 39.5 Å². The van der Waals surface area contributed by atoms with Gasteiger partial charge in [-0.25, -0.2) is 0 Å². The molecule has 0 atom stereocenters. The highest BCUT2D eigenvalue weighted by Gasteiger charge is 2.11. The van der Waals surface area contributed by atoms with E-state index in [1.165, 1.54) is 17.1 Å². The van der Waals surface area contributed by atoms with Gasteiger partial charge < -0.3 is 24.7 Å². The van der Waals surface area contributed by atoms with Crippen LogP contribution < -0.4 is 5.32 Å². The minimum absolute atomic E-state index is 0.0553. The molecule has 0 unspecified atom stereocenters. The molecule has 0 aliphatic rings. The minimum Gasteiger partial charge on any atom is -0.466 e. The Hall–Kier alpha value is -2.45. The van der Waals surface area contributed by atoms with E-state index >= 15 is 0 Å². The zero-order valence-corrected chi connectivity index (χ0v) is 11.1. The summed E-state index contributed by atoms with van der Waals surface area (Å²) in [5, 5.41) is 13.0. The maximum absolute atomic E-state index is 11.5. The van der Waals surface area contributed by atoms with Crippen LogP contribution in [0.25, 0.3) is 0 Å². The average molecular weight is 284 g/mol. The predicted octanol–water partition coefficient (Wildman–Crippen LogP) is 0.251. The molecule has 9 nitrogen and oxygen atoms in total. The Balaban J connectivity index is 2.23. The summed E-state index contributed by atoms with van der Waals surface area (Å²) in [7, 11) is 0. The zero-order chi connectivity index (χ0) is 15.0. The number of hydrogen-bond acceptors (Lipinski definition) is 6. The molecular weight excluding hydrogens is 268 g/mol. The number of nitrogens with one attached hydrogen (secondary N) is 1. The summed E-state index contributed by atoms with van der Waals surface area (Å²) < 4.78 is 6.06. The summed E-state index contributed by atoms with van der Waals surface area (Å²) >= 11 is 0. The molecule has 9 heteroatoms. The molecule has 0 radical (unpaired) electrons. The Morgan fingerprint density at radius 2 is 2.30 bits per heavy atom. The summed E-state index contributed by atoms with van der Waals surface area (Å²) in [5.74, 6) is -0.909. The van der Waals surface area contributed by atoms with E-state index in [0.29, 0.717) is 19.6 Å². The fraction of sp³-hybridized carbons (Fsp3) is 0.545. The van der Waals surface area contributed by atoms with Gasteiger partial charge in [0.2, 0.25) is 12.2 Å². The van der Waals surface area contributed by atoms with Gasteiger partial charge in [0.25, 0.3) is 0 Å². The molecule has 0 aliphatic heterocycles. The molecule has 1 N–H and O–H groups in total. The molecule has 1 rings (SSSR count). The molecule has 1 aromatic heterocycles. The van der Waals surface area contributed by atoms with Crippen LogP contribution in [0, 0.1) is 10.1 Å². The second-order valence-electron chi connectivity index (χ2n) is 3.92. The standard InChI is InChI=1S/C11H16N4O5/c1-2-20-11(17)4-3-5-12-10(16)7-14-6-9(13-8-14)15(18)19/h6,8H,2-5,7H2,1H3,(H,12,16). The smallest absolute Gasteiger partial charge is 0.381 e. The first-order valence-electron chi connectivity index (χ1n) is 6.11. The van der Waals surface area contributed by atoms with Crippen LogP contribution in [0.5, 0.6) is 0 Å². The van der Waals surface area contributed by atoms with Crippen LogP contribution >= 0.6 is 0 Å². The fourth-order valence-electron chi connectivity index (χ4n) is 1.44. The summed E-state index contributed by atoms with van der Waals surface area (Å²) in [4.78, 5) is 35.9. The molecule has 0 saturated carbocycles. The van der Waals surface area contributed by atoms with Gasteiger partial charge in [0.15, 0.2) is 0 Å². The van der Waals surface area contributed by atoms with Gasteiger partial charge in [0.05, 0.1) is 6.61 Å². The van der Waals surface area contributed by atoms with Crippen LogP contribution in [0.15, 0.2) is 12.5 Å². The highest BCUT2D eigenvalue weighted by molar-refractivity contribution is 5.75. The third-order valence-corrected chi connectivity index (χ3v) is 2.32. The largest absolute Gasteiger partial charge is 0.466 e. The maximum atomic E-state index is 11.5. The Labute approximate surface area is 115 Å². The Morgan fingerprint density at radius 1 is 1.55 bits per heavy atom. The molecule has 0 aromatic carbocycles. The first-order chi connectivity index (χ1) is 9.52. The van der Waals surface area contributed by atoms with Crippen molar-refractivity contribution >= 4 is 17.7 Å². The third kappa shape index (κ3) is 5.46. The van der Waals surface area contributed by atoms with Gasteiger partial charge in [-0.05, 0) is 23.3 Å². The predicted molar refractivity (Wildman–Crippen MR) is 67.8 cm³/mol. The van der Waals surface area contributed by atoms with Crippen molar-refractivity contribution < 1.29 is 19.2 Å². The normalized spacial score (nSPS) is 10.1. The molecule has 0 fully saturated rings. The van der Waals surface area contributed by atoms with Crippen LogP contribution in [0.1, 0.15) is 19.8 Å². The molecule has 0 bridgehead atoms. The third-order valence-electron chi connectivity index (χ3n) is 2.32. The second kappa shape index (κ2) is 7.87. The molecule has 1 heterocycles. The van der Waals surface area contributed by atoms with Crippen molar-refractivity contribution in [2.75, 3.05) is 13.2 Å². The average Bonchev–Trinajstić information content (AvgIpc) is 2.83. The van der Waals surface area contributed by atoms with Gasteiger partial charge in [-0.3, -0.25) is 9.59 Å². The highest BCUT2D eigenvalue weighted by atomic mass is 16.6. The highest BCUT2D eigenvalue weighted by Crippen LogP contribution is 2.05. The van der Waals surface area contributed by atoms with Crippen molar-refractivity contribution in [2.24, 2.45) is 0 Å². The number of nitro groups is 1. The number of carbonyl (C=O) groups is 2. The summed E-state index contributed by atoms with van der Waals surface area (Å²) in [6.45, 7) is 2.35. The van der Waals surface area contributed by atoms with E-state index in [2.05, 4.69) is 10.3 Å².